The Labute approximate surface area is 164 Å². The maximum Gasteiger partial charge on any atom is 0.253 e. The molecular formula is C18H32Cl2N4O. The van der Waals surface area contributed by atoms with E-state index >= 15 is 0 Å². The summed E-state index contributed by atoms with van der Waals surface area (Å²) < 4.78 is 0. The van der Waals surface area contributed by atoms with E-state index in [-0.39, 0.29) is 36.8 Å². The van der Waals surface area contributed by atoms with E-state index in [0.717, 1.165) is 31.7 Å². The third-order valence-corrected chi connectivity index (χ3v) is 4.85. The molecule has 1 aliphatic heterocycles. The highest BCUT2D eigenvalue weighted by Gasteiger charge is 2.20. The zero-order valence-corrected chi connectivity index (χ0v) is 17.3. The molecule has 144 valence electrons. The second kappa shape index (κ2) is 10.9. The number of likely N-dealkylation sites (N-methyl/N-ethyl adjacent to an activating group) is 1. The first-order valence-electron chi connectivity index (χ1n) is 8.50. The van der Waals surface area contributed by atoms with E-state index in [1.54, 1.807) is 11.9 Å². The van der Waals surface area contributed by atoms with Crippen molar-refractivity contribution in [1.29, 1.82) is 0 Å². The number of benzene rings is 1. The molecule has 1 amide bonds. The van der Waals surface area contributed by atoms with Crippen molar-refractivity contribution in [2.45, 2.75) is 32.9 Å². The first-order chi connectivity index (χ1) is 10.9. The number of hydrogen-bond acceptors (Lipinski definition) is 4. The van der Waals surface area contributed by atoms with E-state index in [4.69, 9.17) is 5.73 Å². The fourth-order valence-corrected chi connectivity index (χ4v) is 2.87. The SMILES string of the molecule is CC(C)N1CCN(c2ccc(C(=O)N(C)C(C)CN)cc2)CC1.Cl.Cl. The number of nitrogens with two attached hydrogens (primary N) is 1. The van der Waals surface area contributed by atoms with Crippen LogP contribution < -0.4 is 10.6 Å². The lowest BCUT2D eigenvalue weighted by atomic mass is 10.1. The molecule has 1 aromatic carbocycles. The standard InChI is InChI=1S/C18H30N4O.2ClH/c1-14(2)21-9-11-22(12-10-21)17-7-5-16(6-8-17)18(23)20(4)15(3)13-19;;/h5-8,14-15H,9-13,19H2,1-4H3;2*1H. The first kappa shape index (κ1) is 24.0. The van der Waals surface area contributed by atoms with Gasteiger partial charge < -0.3 is 15.5 Å². The van der Waals surface area contributed by atoms with Gasteiger partial charge in [0.15, 0.2) is 0 Å². The Bertz CT molecular complexity index is 516. The molecule has 2 N–H and O–H groups in total. The number of carbonyl (C=O) groups is 1. The molecule has 1 heterocycles. The van der Waals surface area contributed by atoms with Crippen LogP contribution in [-0.4, -0.2) is 67.6 Å². The van der Waals surface area contributed by atoms with Gasteiger partial charge >= 0.3 is 0 Å². The second-order valence-electron chi connectivity index (χ2n) is 6.66. The van der Waals surface area contributed by atoms with Crippen LogP contribution in [0.3, 0.4) is 0 Å². The number of nitrogens with zero attached hydrogens (tertiary/aromatic N) is 3. The summed E-state index contributed by atoms with van der Waals surface area (Å²) in [6.07, 6.45) is 0. The van der Waals surface area contributed by atoms with Crippen molar-refractivity contribution in [2.75, 3.05) is 44.7 Å². The van der Waals surface area contributed by atoms with Crippen molar-refractivity contribution in [3.05, 3.63) is 29.8 Å². The van der Waals surface area contributed by atoms with Gasteiger partial charge in [-0.05, 0) is 45.0 Å². The molecule has 0 saturated carbocycles. The minimum atomic E-state index is 0. The van der Waals surface area contributed by atoms with E-state index in [0.29, 0.717) is 12.6 Å². The van der Waals surface area contributed by atoms with Crippen molar-refractivity contribution in [3.63, 3.8) is 0 Å². The monoisotopic (exact) mass is 390 g/mol. The molecule has 5 nitrogen and oxygen atoms in total. The molecular weight excluding hydrogens is 359 g/mol. The molecule has 1 unspecified atom stereocenters. The Morgan fingerprint density at radius 1 is 1.08 bits per heavy atom. The zero-order valence-electron chi connectivity index (χ0n) is 15.6. The molecule has 1 aromatic rings. The Kier molecular flexibility index (Phi) is 10.4. The van der Waals surface area contributed by atoms with Gasteiger partial charge in [0.2, 0.25) is 0 Å². The van der Waals surface area contributed by atoms with Gasteiger partial charge in [-0.2, -0.15) is 0 Å². The summed E-state index contributed by atoms with van der Waals surface area (Å²) in [7, 11) is 1.80. The summed E-state index contributed by atoms with van der Waals surface area (Å²) in [5.41, 5.74) is 7.55. The topological polar surface area (TPSA) is 52.8 Å². The number of carbonyl (C=O) groups excluding carboxylic acids is 1. The molecule has 0 spiro atoms. The number of anilines is 1. The highest BCUT2D eigenvalue weighted by atomic mass is 35.5. The zero-order chi connectivity index (χ0) is 17.0. The summed E-state index contributed by atoms with van der Waals surface area (Å²) in [5.74, 6) is 0.0270. The highest BCUT2D eigenvalue weighted by Crippen LogP contribution is 2.19. The van der Waals surface area contributed by atoms with Crippen molar-refractivity contribution in [2.24, 2.45) is 5.73 Å². The van der Waals surface area contributed by atoms with Crippen LogP contribution in [0.4, 0.5) is 5.69 Å². The van der Waals surface area contributed by atoms with E-state index < -0.39 is 0 Å². The van der Waals surface area contributed by atoms with Gasteiger partial charge in [-0.1, -0.05) is 0 Å². The van der Waals surface area contributed by atoms with Gasteiger partial charge in [0, 0.05) is 63.1 Å². The molecule has 2 rings (SSSR count). The van der Waals surface area contributed by atoms with Crippen LogP contribution in [0.25, 0.3) is 0 Å². The summed E-state index contributed by atoms with van der Waals surface area (Å²) in [6.45, 7) is 11.2. The Hall–Kier alpha value is -1.01. The fraction of sp³-hybridized carbons (Fsp3) is 0.611. The molecule has 0 radical (unpaired) electrons. The molecule has 0 bridgehead atoms. The van der Waals surface area contributed by atoms with Gasteiger partial charge in [-0.3, -0.25) is 9.69 Å². The summed E-state index contributed by atoms with van der Waals surface area (Å²) in [4.78, 5) is 19.0. The lowest BCUT2D eigenvalue weighted by Gasteiger charge is -2.38. The maximum absolute atomic E-state index is 12.4. The van der Waals surface area contributed by atoms with Crippen LogP contribution in [0.2, 0.25) is 0 Å². The number of rotatable bonds is 5. The average molecular weight is 391 g/mol. The highest BCUT2D eigenvalue weighted by molar-refractivity contribution is 5.94. The molecule has 0 aliphatic carbocycles. The normalized spacial score (nSPS) is 16.0. The minimum Gasteiger partial charge on any atom is -0.369 e. The molecule has 25 heavy (non-hydrogen) atoms. The first-order valence-corrected chi connectivity index (χ1v) is 8.50. The van der Waals surface area contributed by atoms with Gasteiger partial charge in [-0.15, -0.1) is 24.8 Å². The number of amides is 1. The second-order valence-corrected chi connectivity index (χ2v) is 6.66. The van der Waals surface area contributed by atoms with E-state index in [9.17, 15) is 4.79 Å². The van der Waals surface area contributed by atoms with Crippen molar-refractivity contribution >= 4 is 36.4 Å². The van der Waals surface area contributed by atoms with E-state index in [2.05, 4.69) is 35.8 Å². The summed E-state index contributed by atoms with van der Waals surface area (Å²) in [5, 5.41) is 0. The Balaban J connectivity index is 0.00000288. The molecule has 1 fully saturated rings. The van der Waals surface area contributed by atoms with Gasteiger partial charge in [0.25, 0.3) is 5.91 Å². The van der Waals surface area contributed by atoms with Crippen LogP contribution >= 0.6 is 24.8 Å². The van der Waals surface area contributed by atoms with Crippen molar-refractivity contribution < 1.29 is 4.79 Å². The van der Waals surface area contributed by atoms with Crippen molar-refractivity contribution in [3.8, 4) is 0 Å². The smallest absolute Gasteiger partial charge is 0.253 e. The summed E-state index contributed by atoms with van der Waals surface area (Å²) >= 11 is 0. The Morgan fingerprint density at radius 3 is 2.04 bits per heavy atom. The molecule has 1 saturated heterocycles. The van der Waals surface area contributed by atoms with Crippen molar-refractivity contribution in [1.82, 2.24) is 9.80 Å². The number of halogens is 2. The quantitative estimate of drug-likeness (QED) is 0.838. The van der Waals surface area contributed by atoms with E-state index in [1.807, 2.05) is 19.1 Å². The average Bonchev–Trinajstić information content (AvgIpc) is 2.60. The maximum atomic E-state index is 12.4. The lowest BCUT2D eigenvalue weighted by Crippen LogP contribution is -2.48. The molecule has 7 heteroatoms. The van der Waals surface area contributed by atoms with Gasteiger partial charge in [0.05, 0.1) is 0 Å². The lowest BCUT2D eigenvalue weighted by molar-refractivity contribution is 0.0748. The van der Waals surface area contributed by atoms with Crippen LogP contribution in [0.5, 0.6) is 0 Å². The minimum absolute atomic E-state index is 0. The van der Waals surface area contributed by atoms with Crippen LogP contribution in [-0.2, 0) is 0 Å². The summed E-state index contributed by atoms with van der Waals surface area (Å²) in [6, 6.07) is 8.61. The fourth-order valence-electron chi connectivity index (χ4n) is 2.87. The largest absolute Gasteiger partial charge is 0.369 e. The molecule has 0 aromatic heterocycles. The van der Waals surface area contributed by atoms with Crippen LogP contribution in [0.15, 0.2) is 24.3 Å². The number of hydrogen-bond donors (Lipinski definition) is 1. The third kappa shape index (κ3) is 6.03. The van der Waals surface area contributed by atoms with Gasteiger partial charge in [-0.25, -0.2) is 0 Å². The number of piperazine rings is 1. The van der Waals surface area contributed by atoms with Crippen LogP contribution in [0, 0.1) is 0 Å². The van der Waals surface area contributed by atoms with E-state index in [1.165, 1.54) is 5.69 Å². The van der Waals surface area contributed by atoms with Gasteiger partial charge in [0.1, 0.15) is 0 Å². The predicted molar refractivity (Wildman–Crippen MR) is 110 cm³/mol. The molecule has 1 atom stereocenters. The van der Waals surface area contributed by atoms with Crippen LogP contribution in [0.1, 0.15) is 31.1 Å². The Morgan fingerprint density at radius 2 is 1.60 bits per heavy atom. The third-order valence-electron chi connectivity index (χ3n) is 4.85. The predicted octanol–water partition coefficient (Wildman–Crippen LogP) is 2.48. The molecule has 1 aliphatic rings.